The fourth-order valence-electron chi connectivity index (χ4n) is 6.01. The highest BCUT2D eigenvalue weighted by atomic mass is 19.2. The van der Waals surface area contributed by atoms with Crippen molar-refractivity contribution in [1.82, 2.24) is 0 Å². The third-order valence-electron chi connectivity index (χ3n) is 8.37. The molecule has 232 valence electrons. The van der Waals surface area contributed by atoms with Crippen LogP contribution in [0.4, 0.5) is 17.6 Å². The summed E-state index contributed by atoms with van der Waals surface area (Å²) in [6.07, 6.45) is 0. The Morgan fingerprint density at radius 3 is 0.604 bits per heavy atom. The van der Waals surface area contributed by atoms with Crippen LogP contribution in [0.5, 0.6) is 0 Å². The molecule has 0 saturated heterocycles. The standard InChI is InChI=1S/2C22H14F2/c2*23-21-13-17-11-19(15-7-3-1-4-8-15)20(12-18(17)14-22(21)24)16-9-5-2-6-10-16/h2*1-14H. The van der Waals surface area contributed by atoms with Crippen molar-refractivity contribution in [1.29, 1.82) is 0 Å². The number of rotatable bonds is 4. The summed E-state index contributed by atoms with van der Waals surface area (Å²) in [6.45, 7) is 0. The molecule has 0 spiro atoms. The van der Waals surface area contributed by atoms with E-state index in [1.54, 1.807) is 0 Å². The van der Waals surface area contributed by atoms with Gasteiger partial charge >= 0.3 is 0 Å². The Morgan fingerprint density at radius 2 is 0.417 bits per heavy atom. The number of fused-ring (bicyclic) bond motifs is 2. The van der Waals surface area contributed by atoms with Crippen LogP contribution in [0.15, 0.2) is 170 Å². The van der Waals surface area contributed by atoms with Crippen LogP contribution in [-0.4, -0.2) is 0 Å². The Balaban J connectivity index is 0.000000152. The molecule has 0 aliphatic heterocycles. The predicted octanol–water partition coefficient (Wildman–Crippen LogP) is 12.9. The minimum atomic E-state index is -0.825. The third-order valence-corrected chi connectivity index (χ3v) is 8.37. The van der Waals surface area contributed by atoms with E-state index >= 15 is 0 Å². The molecule has 0 N–H and O–H groups in total. The first-order valence-corrected chi connectivity index (χ1v) is 15.5. The average Bonchev–Trinajstić information content (AvgIpc) is 3.13. The van der Waals surface area contributed by atoms with Crippen LogP contribution in [-0.2, 0) is 0 Å². The van der Waals surface area contributed by atoms with Crippen LogP contribution in [0.2, 0.25) is 0 Å². The Hall–Kier alpha value is -6.00. The molecule has 0 unspecified atom stereocenters. The predicted molar refractivity (Wildman–Crippen MR) is 189 cm³/mol. The molecule has 0 aliphatic rings. The third kappa shape index (κ3) is 6.33. The second-order valence-corrected chi connectivity index (χ2v) is 11.5. The van der Waals surface area contributed by atoms with Crippen molar-refractivity contribution < 1.29 is 17.6 Å². The Labute approximate surface area is 276 Å². The molecule has 0 fully saturated rings. The van der Waals surface area contributed by atoms with Crippen molar-refractivity contribution in [2.45, 2.75) is 0 Å². The highest BCUT2D eigenvalue weighted by molar-refractivity contribution is 5.97. The number of benzene rings is 8. The Morgan fingerprint density at radius 1 is 0.229 bits per heavy atom. The highest BCUT2D eigenvalue weighted by Gasteiger charge is 2.13. The van der Waals surface area contributed by atoms with E-state index in [4.69, 9.17) is 0 Å². The van der Waals surface area contributed by atoms with Crippen molar-refractivity contribution in [3.8, 4) is 44.5 Å². The molecule has 8 aromatic carbocycles. The second kappa shape index (κ2) is 13.4. The lowest BCUT2D eigenvalue weighted by Gasteiger charge is -2.13. The van der Waals surface area contributed by atoms with Gasteiger partial charge in [-0.05, 0) is 115 Å². The van der Waals surface area contributed by atoms with Gasteiger partial charge in [-0.25, -0.2) is 17.6 Å². The maximum absolute atomic E-state index is 13.6. The quantitative estimate of drug-likeness (QED) is 0.169. The molecule has 0 aliphatic carbocycles. The minimum absolute atomic E-state index is 0.687. The van der Waals surface area contributed by atoms with Crippen molar-refractivity contribution in [3.05, 3.63) is 193 Å². The molecule has 8 aromatic rings. The molecule has 8 rings (SSSR count). The Bertz CT molecular complexity index is 2010. The monoisotopic (exact) mass is 632 g/mol. The van der Waals surface area contributed by atoms with E-state index in [0.717, 1.165) is 44.5 Å². The smallest absolute Gasteiger partial charge is 0.159 e. The van der Waals surface area contributed by atoms with Crippen LogP contribution in [0.3, 0.4) is 0 Å². The van der Waals surface area contributed by atoms with Crippen molar-refractivity contribution >= 4 is 21.5 Å². The zero-order valence-electron chi connectivity index (χ0n) is 25.7. The summed E-state index contributed by atoms with van der Waals surface area (Å²) in [5, 5.41) is 2.75. The lowest BCUT2D eigenvalue weighted by molar-refractivity contribution is 0.511. The molecule has 4 heteroatoms. The van der Waals surface area contributed by atoms with Crippen LogP contribution < -0.4 is 0 Å². The summed E-state index contributed by atoms with van der Waals surface area (Å²) in [4.78, 5) is 0. The number of halogens is 4. The van der Waals surface area contributed by atoms with E-state index in [0.29, 0.717) is 21.5 Å². The lowest BCUT2D eigenvalue weighted by Crippen LogP contribution is -1.89. The Kier molecular flexibility index (Phi) is 8.55. The minimum Gasteiger partial charge on any atom is -0.204 e. The van der Waals surface area contributed by atoms with E-state index in [9.17, 15) is 17.6 Å². The van der Waals surface area contributed by atoms with Gasteiger partial charge < -0.3 is 0 Å². The van der Waals surface area contributed by atoms with E-state index in [-0.39, 0.29) is 0 Å². The van der Waals surface area contributed by atoms with Crippen LogP contribution in [0.1, 0.15) is 0 Å². The molecule has 0 saturated carbocycles. The van der Waals surface area contributed by atoms with Gasteiger partial charge in [0, 0.05) is 0 Å². The zero-order valence-corrected chi connectivity index (χ0v) is 25.7. The van der Waals surface area contributed by atoms with Gasteiger partial charge in [-0.2, -0.15) is 0 Å². The van der Waals surface area contributed by atoms with Gasteiger partial charge in [0.2, 0.25) is 0 Å². The van der Waals surface area contributed by atoms with Gasteiger partial charge in [-0.15, -0.1) is 0 Å². The first-order valence-electron chi connectivity index (χ1n) is 15.5. The first kappa shape index (κ1) is 30.6. The molecule has 0 aromatic heterocycles. The SMILES string of the molecule is Fc1cc2cc(-c3ccccc3)c(-c3ccccc3)cc2cc1F.Fc1cc2cc(-c3ccccc3)c(-c3ccccc3)cc2cc1F. The normalized spacial score (nSPS) is 10.9. The van der Waals surface area contributed by atoms with E-state index in [2.05, 4.69) is 0 Å². The summed E-state index contributed by atoms with van der Waals surface area (Å²) < 4.78 is 54.5. The number of hydrogen-bond acceptors (Lipinski definition) is 0. The van der Waals surface area contributed by atoms with Crippen LogP contribution in [0.25, 0.3) is 66.1 Å². The van der Waals surface area contributed by atoms with Gasteiger partial charge in [0.15, 0.2) is 23.3 Å². The molecule has 0 heterocycles. The number of hydrogen-bond donors (Lipinski definition) is 0. The van der Waals surface area contributed by atoms with E-state index in [1.807, 2.05) is 146 Å². The summed E-state index contributed by atoms with van der Waals surface area (Å²) in [7, 11) is 0. The summed E-state index contributed by atoms with van der Waals surface area (Å²) in [5.74, 6) is -3.30. The second-order valence-electron chi connectivity index (χ2n) is 11.5. The largest absolute Gasteiger partial charge is 0.204 e. The van der Waals surface area contributed by atoms with Gasteiger partial charge in [-0.3, -0.25) is 0 Å². The topological polar surface area (TPSA) is 0 Å². The van der Waals surface area contributed by atoms with Gasteiger partial charge in [-0.1, -0.05) is 121 Å². The lowest BCUT2D eigenvalue weighted by atomic mass is 9.91. The van der Waals surface area contributed by atoms with Gasteiger partial charge in [0.25, 0.3) is 0 Å². The van der Waals surface area contributed by atoms with Crippen molar-refractivity contribution in [3.63, 3.8) is 0 Å². The van der Waals surface area contributed by atoms with Crippen molar-refractivity contribution in [2.24, 2.45) is 0 Å². The molecule has 0 nitrogen and oxygen atoms in total. The molecule has 0 bridgehead atoms. The zero-order chi connectivity index (χ0) is 33.0. The average molecular weight is 633 g/mol. The van der Waals surface area contributed by atoms with Gasteiger partial charge in [0.1, 0.15) is 0 Å². The van der Waals surface area contributed by atoms with Gasteiger partial charge in [0.05, 0.1) is 0 Å². The van der Waals surface area contributed by atoms with Crippen LogP contribution >= 0.6 is 0 Å². The summed E-state index contributed by atoms with van der Waals surface area (Å²) >= 11 is 0. The maximum atomic E-state index is 13.6. The molecular formula is C44H28F4. The van der Waals surface area contributed by atoms with Crippen molar-refractivity contribution in [2.75, 3.05) is 0 Å². The first-order chi connectivity index (χ1) is 23.4. The molecule has 0 amide bonds. The maximum Gasteiger partial charge on any atom is 0.159 e. The molecule has 48 heavy (non-hydrogen) atoms. The molecular weight excluding hydrogens is 604 g/mol. The summed E-state index contributed by atoms with van der Waals surface area (Å²) in [6, 6.07) is 52.5. The van der Waals surface area contributed by atoms with Crippen LogP contribution in [0, 0.1) is 23.3 Å². The molecule has 0 radical (unpaired) electrons. The summed E-state index contributed by atoms with van der Waals surface area (Å²) in [5.41, 5.74) is 8.18. The van der Waals surface area contributed by atoms with E-state index in [1.165, 1.54) is 24.3 Å². The fourth-order valence-corrected chi connectivity index (χ4v) is 6.01. The highest BCUT2D eigenvalue weighted by Crippen LogP contribution is 2.37. The molecule has 0 atom stereocenters. The fraction of sp³-hybridized carbons (Fsp3) is 0. The van der Waals surface area contributed by atoms with E-state index < -0.39 is 23.3 Å².